The largest absolute Gasteiger partial charge is 0.459 e. The molecule has 1 aliphatic heterocycles. The van der Waals surface area contributed by atoms with Gasteiger partial charge in [-0.25, -0.2) is 4.98 Å². The Hall–Kier alpha value is -3.65. The van der Waals surface area contributed by atoms with Crippen molar-refractivity contribution in [2.75, 3.05) is 10.6 Å². The maximum Gasteiger partial charge on any atom is 0.291 e. The predicted molar refractivity (Wildman–Crippen MR) is 124 cm³/mol. The number of anilines is 2. The smallest absolute Gasteiger partial charge is 0.291 e. The van der Waals surface area contributed by atoms with Crippen LogP contribution >= 0.6 is 11.3 Å². The van der Waals surface area contributed by atoms with E-state index in [4.69, 9.17) is 4.42 Å². The van der Waals surface area contributed by atoms with Crippen molar-refractivity contribution in [2.45, 2.75) is 32.7 Å². The molecule has 0 saturated heterocycles. The van der Waals surface area contributed by atoms with Crippen LogP contribution in [0.3, 0.4) is 0 Å². The first kappa shape index (κ1) is 20.3. The summed E-state index contributed by atoms with van der Waals surface area (Å²) in [5, 5.41) is 6.30. The molecule has 0 aliphatic carbocycles. The summed E-state index contributed by atoms with van der Waals surface area (Å²) in [7, 11) is 0. The fourth-order valence-corrected chi connectivity index (χ4v) is 4.87. The minimum Gasteiger partial charge on any atom is -0.459 e. The van der Waals surface area contributed by atoms with Gasteiger partial charge in [0.25, 0.3) is 11.8 Å². The normalized spacial score (nSPS) is 12.9. The summed E-state index contributed by atoms with van der Waals surface area (Å²) in [5.41, 5.74) is 3.82. The lowest BCUT2D eigenvalue weighted by atomic mass is 10.1. The van der Waals surface area contributed by atoms with Crippen molar-refractivity contribution in [3.8, 4) is 11.4 Å². The fourth-order valence-electron chi connectivity index (χ4n) is 3.91. The summed E-state index contributed by atoms with van der Waals surface area (Å²) >= 11 is 1.23. The zero-order chi connectivity index (χ0) is 22.1. The number of aryl methyl sites for hydroxylation is 2. The van der Waals surface area contributed by atoms with E-state index in [0.29, 0.717) is 15.6 Å². The van der Waals surface area contributed by atoms with E-state index in [2.05, 4.69) is 20.2 Å². The Labute approximate surface area is 189 Å². The highest BCUT2D eigenvalue weighted by Gasteiger charge is 2.18. The minimum absolute atomic E-state index is 0.211. The molecule has 8 heteroatoms. The third kappa shape index (κ3) is 3.97. The van der Waals surface area contributed by atoms with Crippen LogP contribution in [0, 0.1) is 6.92 Å². The molecule has 1 aliphatic rings. The van der Waals surface area contributed by atoms with Gasteiger partial charge in [0.2, 0.25) is 0 Å². The van der Waals surface area contributed by atoms with Crippen molar-refractivity contribution in [3.05, 3.63) is 76.8 Å². The van der Waals surface area contributed by atoms with Gasteiger partial charge in [-0.3, -0.25) is 9.59 Å². The van der Waals surface area contributed by atoms with Gasteiger partial charge in [-0.05, 0) is 74.2 Å². The minimum atomic E-state index is -0.347. The van der Waals surface area contributed by atoms with Crippen LogP contribution in [0.25, 0.3) is 11.4 Å². The van der Waals surface area contributed by atoms with Crippen LogP contribution < -0.4 is 10.6 Å². The van der Waals surface area contributed by atoms with Gasteiger partial charge in [0.05, 0.1) is 16.1 Å². The number of thiophene rings is 1. The quantitative estimate of drug-likeness (QED) is 0.432. The van der Waals surface area contributed by atoms with Crippen molar-refractivity contribution in [1.29, 1.82) is 0 Å². The molecule has 1 aromatic carbocycles. The molecule has 7 nitrogen and oxygen atoms in total. The molecule has 4 aromatic rings. The first-order chi connectivity index (χ1) is 15.6. The topological polar surface area (TPSA) is 89.2 Å². The van der Waals surface area contributed by atoms with Crippen LogP contribution in [0.5, 0.6) is 0 Å². The summed E-state index contributed by atoms with van der Waals surface area (Å²) in [4.78, 5) is 30.1. The third-order valence-corrected chi connectivity index (χ3v) is 6.66. The average Bonchev–Trinajstić information content (AvgIpc) is 3.54. The lowest BCUT2D eigenvalue weighted by Gasteiger charge is -2.16. The number of hydrogen-bond donors (Lipinski definition) is 2. The number of benzene rings is 1. The standard InChI is InChI=1S/C24H22N4O3S/c1-15-13-20(27-23(29)19-6-4-12-31-19)32-21(15)24(30)26-17-9-7-16(8-10-17)22-25-14-18-5-2-3-11-28(18)22/h4,6-10,12-14H,2-3,5,11H2,1H3,(H,26,30)(H,27,29). The van der Waals surface area contributed by atoms with Crippen LogP contribution in [0.15, 0.2) is 59.3 Å². The lowest BCUT2D eigenvalue weighted by Crippen LogP contribution is -2.12. The SMILES string of the molecule is Cc1cc(NC(=O)c2ccco2)sc1C(=O)Nc1ccc(-c2ncc3n2CCCC3)cc1. The molecular formula is C24H22N4O3S. The van der Waals surface area contributed by atoms with E-state index < -0.39 is 0 Å². The van der Waals surface area contributed by atoms with Gasteiger partial charge >= 0.3 is 0 Å². The Kier molecular flexibility index (Phi) is 5.36. The molecule has 3 aromatic heterocycles. The monoisotopic (exact) mass is 446 g/mol. The van der Waals surface area contributed by atoms with Gasteiger partial charge in [0.1, 0.15) is 5.82 Å². The molecule has 4 heterocycles. The molecule has 0 radical (unpaired) electrons. The van der Waals surface area contributed by atoms with Gasteiger partial charge in [0.15, 0.2) is 5.76 Å². The van der Waals surface area contributed by atoms with Crippen molar-refractivity contribution < 1.29 is 14.0 Å². The third-order valence-electron chi connectivity index (χ3n) is 5.51. The summed E-state index contributed by atoms with van der Waals surface area (Å²) in [6, 6.07) is 12.8. The molecule has 0 fully saturated rings. The zero-order valence-corrected chi connectivity index (χ0v) is 18.4. The number of rotatable bonds is 5. The Morgan fingerprint density at radius 3 is 2.72 bits per heavy atom. The van der Waals surface area contributed by atoms with Gasteiger partial charge < -0.3 is 19.6 Å². The number of fused-ring (bicyclic) bond motifs is 1. The second-order valence-corrected chi connectivity index (χ2v) is 8.82. The summed E-state index contributed by atoms with van der Waals surface area (Å²) in [6.45, 7) is 2.85. The second kappa shape index (κ2) is 8.47. The van der Waals surface area contributed by atoms with Gasteiger partial charge in [0, 0.05) is 29.7 Å². The van der Waals surface area contributed by atoms with E-state index in [-0.39, 0.29) is 17.6 Å². The molecule has 0 bridgehead atoms. The van der Waals surface area contributed by atoms with Crippen LogP contribution in [-0.2, 0) is 13.0 Å². The summed E-state index contributed by atoms with van der Waals surface area (Å²) in [6.07, 6.45) is 6.87. The van der Waals surface area contributed by atoms with E-state index in [1.165, 1.54) is 36.1 Å². The number of carbonyl (C=O) groups is 2. The Morgan fingerprint density at radius 1 is 1.09 bits per heavy atom. The van der Waals surface area contributed by atoms with E-state index in [1.54, 1.807) is 18.2 Å². The van der Waals surface area contributed by atoms with E-state index in [9.17, 15) is 9.59 Å². The van der Waals surface area contributed by atoms with Crippen LogP contribution in [0.1, 0.15) is 44.3 Å². The number of imidazole rings is 1. The number of amides is 2. The maximum absolute atomic E-state index is 12.8. The van der Waals surface area contributed by atoms with Crippen LogP contribution in [-0.4, -0.2) is 21.4 Å². The zero-order valence-electron chi connectivity index (χ0n) is 17.6. The van der Waals surface area contributed by atoms with E-state index in [0.717, 1.165) is 29.9 Å². The number of hydrogen-bond acceptors (Lipinski definition) is 5. The van der Waals surface area contributed by atoms with Crippen molar-refractivity contribution in [3.63, 3.8) is 0 Å². The van der Waals surface area contributed by atoms with Gasteiger partial charge in [-0.15, -0.1) is 11.3 Å². The van der Waals surface area contributed by atoms with Crippen molar-refractivity contribution >= 4 is 33.8 Å². The first-order valence-corrected chi connectivity index (χ1v) is 11.3. The number of aromatic nitrogens is 2. The Morgan fingerprint density at radius 2 is 1.94 bits per heavy atom. The van der Waals surface area contributed by atoms with Crippen LogP contribution in [0.4, 0.5) is 10.7 Å². The highest BCUT2D eigenvalue weighted by molar-refractivity contribution is 7.18. The van der Waals surface area contributed by atoms with Gasteiger partial charge in [-0.2, -0.15) is 0 Å². The summed E-state index contributed by atoms with van der Waals surface area (Å²) in [5.74, 6) is 0.640. The Bertz CT molecular complexity index is 1270. The molecule has 162 valence electrons. The first-order valence-electron chi connectivity index (χ1n) is 10.5. The highest BCUT2D eigenvalue weighted by Crippen LogP contribution is 2.29. The number of furan rings is 1. The van der Waals surface area contributed by atoms with Crippen molar-refractivity contribution in [1.82, 2.24) is 9.55 Å². The average molecular weight is 447 g/mol. The lowest BCUT2D eigenvalue weighted by molar-refractivity contribution is 0.0995. The molecule has 0 saturated carbocycles. The van der Waals surface area contributed by atoms with E-state index >= 15 is 0 Å². The second-order valence-electron chi connectivity index (χ2n) is 7.77. The molecule has 32 heavy (non-hydrogen) atoms. The van der Waals surface area contributed by atoms with E-state index in [1.807, 2.05) is 37.4 Å². The molecular weight excluding hydrogens is 424 g/mol. The highest BCUT2D eigenvalue weighted by atomic mass is 32.1. The summed E-state index contributed by atoms with van der Waals surface area (Å²) < 4.78 is 7.39. The molecule has 5 rings (SSSR count). The number of nitrogens with one attached hydrogen (secondary N) is 2. The van der Waals surface area contributed by atoms with Gasteiger partial charge in [-0.1, -0.05) is 0 Å². The Balaban J connectivity index is 1.28. The molecule has 2 N–H and O–H groups in total. The molecule has 0 spiro atoms. The maximum atomic E-state index is 12.8. The van der Waals surface area contributed by atoms with Crippen molar-refractivity contribution in [2.24, 2.45) is 0 Å². The number of carbonyl (C=O) groups excluding carboxylic acids is 2. The molecule has 0 atom stereocenters. The van der Waals surface area contributed by atoms with Crippen LogP contribution in [0.2, 0.25) is 0 Å². The number of nitrogens with zero attached hydrogens (tertiary/aromatic N) is 2. The molecule has 2 amide bonds. The fraction of sp³-hybridized carbons (Fsp3) is 0.208. The molecule has 0 unspecified atom stereocenters. The predicted octanol–water partition coefficient (Wildman–Crippen LogP) is 5.35.